The first-order valence-electron chi connectivity index (χ1n) is 7.23. The molecule has 2 rings (SSSR count). The summed E-state index contributed by atoms with van der Waals surface area (Å²) in [6.45, 7) is 10.4. The van der Waals surface area contributed by atoms with E-state index in [0.29, 0.717) is 16.9 Å². The molecule has 0 radical (unpaired) electrons. The summed E-state index contributed by atoms with van der Waals surface area (Å²) in [7, 11) is 0. The van der Waals surface area contributed by atoms with Crippen LogP contribution in [0.5, 0.6) is 0 Å². The Morgan fingerprint density at radius 3 is 2.33 bits per heavy atom. The number of aliphatic carboxylic acids is 1. The standard InChI is InChI=1S/C15H27NO2/c1-14(2)12(15(14,3)4)9-16-11-7-5-6-10(8-11)13(17)18/h10-12,16H,5-9H2,1-4H3,(H,17,18). The lowest BCUT2D eigenvalue weighted by Gasteiger charge is -2.27. The van der Waals surface area contributed by atoms with Gasteiger partial charge >= 0.3 is 5.97 Å². The minimum atomic E-state index is -0.617. The Morgan fingerprint density at radius 2 is 1.83 bits per heavy atom. The number of rotatable bonds is 4. The van der Waals surface area contributed by atoms with Gasteiger partial charge in [0.1, 0.15) is 0 Å². The predicted molar refractivity (Wildman–Crippen MR) is 72.4 cm³/mol. The van der Waals surface area contributed by atoms with E-state index in [1.165, 1.54) is 0 Å². The van der Waals surface area contributed by atoms with E-state index in [4.69, 9.17) is 5.11 Å². The number of hydrogen-bond donors (Lipinski definition) is 2. The highest BCUT2D eigenvalue weighted by Gasteiger charge is 2.63. The summed E-state index contributed by atoms with van der Waals surface area (Å²) in [4.78, 5) is 11.0. The molecule has 2 atom stereocenters. The van der Waals surface area contributed by atoms with Crippen molar-refractivity contribution < 1.29 is 9.90 Å². The van der Waals surface area contributed by atoms with Crippen LogP contribution in [0.1, 0.15) is 53.4 Å². The van der Waals surface area contributed by atoms with Gasteiger partial charge in [0.2, 0.25) is 0 Å². The number of hydrogen-bond acceptors (Lipinski definition) is 2. The molecule has 0 heterocycles. The zero-order valence-corrected chi connectivity index (χ0v) is 12.1. The van der Waals surface area contributed by atoms with Gasteiger partial charge in [0.25, 0.3) is 0 Å². The van der Waals surface area contributed by atoms with Gasteiger partial charge < -0.3 is 10.4 Å². The van der Waals surface area contributed by atoms with E-state index in [9.17, 15) is 4.79 Å². The van der Waals surface area contributed by atoms with Crippen molar-refractivity contribution >= 4 is 5.97 Å². The van der Waals surface area contributed by atoms with Crippen molar-refractivity contribution in [2.75, 3.05) is 6.54 Å². The molecule has 2 aliphatic carbocycles. The molecule has 2 N–H and O–H groups in total. The van der Waals surface area contributed by atoms with Crippen LogP contribution in [-0.2, 0) is 4.79 Å². The molecule has 0 aromatic rings. The van der Waals surface area contributed by atoms with Gasteiger partial charge in [0.05, 0.1) is 5.92 Å². The maximum atomic E-state index is 11.0. The van der Waals surface area contributed by atoms with Gasteiger partial charge in [-0.15, -0.1) is 0 Å². The Labute approximate surface area is 110 Å². The van der Waals surface area contributed by atoms with Crippen LogP contribution in [0.4, 0.5) is 0 Å². The summed E-state index contributed by atoms with van der Waals surface area (Å²) in [6.07, 6.45) is 3.85. The first-order valence-corrected chi connectivity index (χ1v) is 7.23. The fourth-order valence-corrected chi connectivity index (χ4v) is 3.73. The lowest BCUT2D eigenvalue weighted by Crippen LogP contribution is -2.38. The third-order valence-electron chi connectivity index (χ3n) is 5.95. The monoisotopic (exact) mass is 253 g/mol. The molecule has 0 aromatic heterocycles. The number of carboxylic acid groups (broad SMARTS) is 1. The Morgan fingerprint density at radius 1 is 1.22 bits per heavy atom. The second-order valence-corrected chi connectivity index (χ2v) is 7.30. The predicted octanol–water partition coefficient (Wildman–Crippen LogP) is 2.90. The highest BCUT2D eigenvalue weighted by molar-refractivity contribution is 5.70. The molecule has 0 amide bonds. The van der Waals surface area contributed by atoms with Crippen molar-refractivity contribution in [3.05, 3.63) is 0 Å². The number of carbonyl (C=O) groups is 1. The molecule has 2 saturated carbocycles. The second-order valence-electron chi connectivity index (χ2n) is 7.30. The molecule has 0 bridgehead atoms. The van der Waals surface area contributed by atoms with Gasteiger partial charge in [0.15, 0.2) is 0 Å². The fourth-order valence-electron chi connectivity index (χ4n) is 3.73. The minimum absolute atomic E-state index is 0.128. The van der Waals surface area contributed by atoms with Gasteiger partial charge in [-0.05, 0) is 42.6 Å². The molecule has 2 aliphatic rings. The van der Waals surface area contributed by atoms with Crippen LogP contribution in [0.3, 0.4) is 0 Å². The largest absolute Gasteiger partial charge is 0.481 e. The molecule has 3 nitrogen and oxygen atoms in total. The van der Waals surface area contributed by atoms with Crippen molar-refractivity contribution in [2.24, 2.45) is 22.7 Å². The quantitative estimate of drug-likeness (QED) is 0.810. The van der Waals surface area contributed by atoms with E-state index in [2.05, 4.69) is 33.0 Å². The SMILES string of the molecule is CC1(C)C(CNC2CCCC(C(=O)O)C2)C1(C)C. The van der Waals surface area contributed by atoms with Gasteiger partial charge in [-0.1, -0.05) is 34.1 Å². The molecule has 0 spiro atoms. The van der Waals surface area contributed by atoms with Gasteiger partial charge in [0, 0.05) is 6.04 Å². The smallest absolute Gasteiger partial charge is 0.306 e. The molecule has 18 heavy (non-hydrogen) atoms. The maximum Gasteiger partial charge on any atom is 0.306 e. The third-order valence-corrected chi connectivity index (χ3v) is 5.95. The van der Waals surface area contributed by atoms with E-state index in [0.717, 1.165) is 38.1 Å². The topological polar surface area (TPSA) is 49.3 Å². The highest BCUT2D eigenvalue weighted by Crippen LogP contribution is 2.67. The Bertz CT molecular complexity index is 321. The van der Waals surface area contributed by atoms with Crippen LogP contribution >= 0.6 is 0 Å². The van der Waals surface area contributed by atoms with E-state index in [1.54, 1.807) is 0 Å². The van der Waals surface area contributed by atoms with Gasteiger partial charge in [-0.3, -0.25) is 4.79 Å². The van der Waals surface area contributed by atoms with E-state index >= 15 is 0 Å². The molecule has 0 aromatic carbocycles. The van der Waals surface area contributed by atoms with Crippen molar-refractivity contribution in [3.8, 4) is 0 Å². The van der Waals surface area contributed by atoms with Crippen molar-refractivity contribution in [1.29, 1.82) is 0 Å². The lowest BCUT2D eigenvalue weighted by atomic mass is 9.85. The number of nitrogens with one attached hydrogen (secondary N) is 1. The Hall–Kier alpha value is -0.570. The summed E-state index contributed by atoms with van der Waals surface area (Å²) in [6, 6.07) is 0.409. The Balaban J connectivity index is 1.80. The molecule has 0 saturated heterocycles. The summed E-state index contributed by atoms with van der Waals surface area (Å²) in [5.41, 5.74) is 0.835. The first kappa shape index (κ1) is 13.9. The fraction of sp³-hybridized carbons (Fsp3) is 0.933. The maximum absolute atomic E-state index is 11.0. The third kappa shape index (κ3) is 2.29. The van der Waals surface area contributed by atoms with E-state index in [-0.39, 0.29) is 5.92 Å². The van der Waals surface area contributed by atoms with E-state index in [1.807, 2.05) is 0 Å². The summed E-state index contributed by atoms with van der Waals surface area (Å²) in [5.74, 6) is -0.0275. The average molecular weight is 253 g/mol. The molecule has 3 heteroatoms. The van der Waals surface area contributed by atoms with Gasteiger partial charge in [-0.25, -0.2) is 0 Å². The molecular weight excluding hydrogens is 226 g/mol. The van der Waals surface area contributed by atoms with Crippen LogP contribution in [0.2, 0.25) is 0 Å². The molecule has 104 valence electrons. The Kier molecular flexibility index (Phi) is 3.48. The molecular formula is C15H27NO2. The zero-order chi connectivity index (χ0) is 13.6. The highest BCUT2D eigenvalue weighted by atomic mass is 16.4. The van der Waals surface area contributed by atoms with Gasteiger partial charge in [-0.2, -0.15) is 0 Å². The zero-order valence-electron chi connectivity index (χ0n) is 12.1. The lowest BCUT2D eigenvalue weighted by molar-refractivity contribution is -0.143. The first-order chi connectivity index (χ1) is 8.26. The second kappa shape index (κ2) is 4.52. The average Bonchev–Trinajstić information content (AvgIpc) is 2.67. The van der Waals surface area contributed by atoms with Crippen LogP contribution in [-0.4, -0.2) is 23.7 Å². The minimum Gasteiger partial charge on any atom is -0.481 e. The summed E-state index contributed by atoms with van der Waals surface area (Å²) in [5, 5.41) is 12.7. The number of carboxylic acids is 1. The van der Waals surface area contributed by atoms with E-state index < -0.39 is 5.97 Å². The van der Waals surface area contributed by atoms with Crippen LogP contribution < -0.4 is 5.32 Å². The van der Waals surface area contributed by atoms with Crippen LogP contribution in [0.15, 0.2) is 0 Å². The van der Waals surface area contributed by atoms with Crippen molar-refractivity contribution in [2.45, 2.75) is 59.4 Å². The van der Waals surface area contributed by atoms with Crippen LogP contribution in [0.25, 0.3) is 0 Å². The molecule has 2 fully saturated rings. The summed E-state index contributed by atoms with van der Waals surface area (Å²) < 4.78 is 0. The normalized spacial score (nSPS) is 34.2. The van der Waals surface area contributed by atoms with Crippen molar-refractivity contribution in [1.82, 2.24) is 5.32 Å². The van der Waals surface area contributed by atoms with Crippen LogP contribution in [0, 0.1) is 22.7 Å². The molecule has 2 unspecified atom stereocenters. The summed E-state index contributed by atoms with van der Waals surface area (Å²) >= 11 is 0. The van der Waals surface area contributed by atoms with Crippen molar-refractivity contribution in [3.63, 3.8) is 0 Å². The molecule has 0 aliphatic heterocycles.